The SMILES string of the molecule is Clc1ccc2c(-c3ccccc3)cc(-c3cccnc3)nc2c1. The molecule has 0 unspecified atom stereocenters. The lowest BCUT2D eigenvalue weighted by atomic mass is 9.99. The van der Waals surface area contributed by atoms with Crippen LogP contribution < -0.4 is 0 Å². The Labute approximate surface area is 139 Å². The lowest BCUT2D eigenvalue weighted by Crippen LogP contribution is -1.90. The van der Waals surface area contributed by atoms with Gasteiger partial charge in [-0.15, -0.1) is 0 Å². The van der Waals surface area contributed by atoms with Crippen LogP contribution >= 0.6 is 11.6 Å². The molecule has 0 saturated heterocycles. The van der Waals surface area contributed by atoms with Crippen molar-refractivity contribution in [1.82, 2.24) is 9.97 Å². The number of hydrogen-bond donors (Lipinski definition) is 0. The number of nitrogens with zero attached hydrogens (tertiary/aromatic N) is 2. The van der Waals surface area contributed by atoms with E-state index in [1.54, 1.807) is 6.20 Å². The van der Waals surface area contributed by atoms with Crippen LogP contribution in [0.1, 0.15) is 0 Å². The fourth-order valence-electron chi connectivity index (χ4n) is 2.72. The zero-order valence-corrected chi connectivity index (χ0v) is 13.0. The molecule has 2 nitrogen and oxygen atoms in total. The summed E-state index contributed by atoms with van der Waals surface area (Å²) in [6.45, 7) is 0. The minimum atomic E-state index is 0.687. The first-order valence-corrected chi connectivity index (χ1v) is 7.75. The first kappa shape index (κ1) is 13.9. The van der Waals surface area contributed by atoms with Crippen molar-refractivity contribution in [3.05, 3.63) is 84.1 Å². The maximum atomic E-state index is 6.16. The van der Waals surface area contributed by atoms with Crippen LogP contribution in [-0.2, 0) is 0 Å². The second-order valence-electron chi connectivity index (χ2n) is 5.32. The molecule has 2 aromatic heterocycles. The van der Waals surface area contributed by atoms with Crippen LogP contribution in [0.25, 0.3) is 33.3 Å². The van der Waals surface area contributed by atoms with Crippen LogP contribution in [0.4, 0.5) is 0 Å². The Bertz CT molecular complexity index is 967. The van der Waals surface area contributed by atoms with Crippen molar-refractivity contribution in [3.8, 4) is 22.4 Å². The molecule has 2 aromatic carbocycles. The highest BCUT2D eigenvalue weighted by atomic mass is 35.5. The molecule has 0 aliphatic rings. The zero-order valence-electron chi connectivity index (χ0n) is 12.3. The van der Waals surface area contributed by atoms with E-state index in [1.807, 2.05) is 54.7 Å². The molecular weight excluding hydrogens is 304 g/mol. The van der Waals surface area contributed by atoms with Crippen molar-refractivity contribution in [2.45, 2.75) is 0 Å². The van der Waals surface area contributed by atoms with Crippen molar-refractivity contribution >= 4 is 22.5 Å². The molecule has 0 N–H and O–H groups in total. The van der Waals surface area contributed by atoms with Crippen molar-refractivity contribution in [3.63, 3.8) is 0 Å². The second-order valence-corrected chi connectivity index (χ2v) is 5.76. The van der Waals surface area contributed by atoms with Crippen LogP contribution in [0.15, 0.2) is 79.1 Å². The summed E-state index contributed by atoms with van der Waals surface area (Å²) >= 11 is 6.16. The summed E-state index contributed by atoms with van der Waals surface area (Å²) in [5.74, 6) is 0. The van der Waals surface area contributed by atoms with E-state index in [9.17, 15) is 0 Å². The van der Waals surface area contributed by atoms with Gasteiger partial charge in [0.15, 0.2) is 0 Å². The number of halogens is 1. The Morgan fingerprint density at radius 1 is 0.783 bits per heavy atom. The van der Waals surface area contributed by atoms with Gasteiger partial charge >= 0.3 is 0 Å². The van der Waals surface area contributed by atoms with Gasteiger partial charge in [-0.2, -0.15) is 0 Å². The van der Waals surface area contributed by atoms with Crippen molar-refractivity contribution < 1.29 is 0 Å². The Kier molecular flexibility index (Phi) is 3.52. The van der Waals surface area contributed by atoms with Crippen LogP contribution in [0.5, 0.6) is 0 Å². The summed E-state index contributed by atoms with van der Waals surface area (Å²) in [6.07, 6.45) is 3.59. The van der Waals surface area contributed by atoms with E-state index in [2.05, 4.69) is 23.2 Å². The highest BCUT2D eigenvalue weighted by Crippen LogP contribution is 2.32. The van der Waals surface area contributed by atoms with Crippen LogP contribution in [0.2, 0.25) is 5.02 Å². The summed E-state index contributed by atoms with van der Waals surface area (Å²) in [6, 6.07) is 22.2. The van der Waals surface area contributed by atoms with Crippen LogP contribution in [0.3, 0.4) is 0 Å². The molecule has 0 spiro atoms. The molecule has 110 valence electrons. The highest BCUT2D eigenvalue weighted by Gasteiger charge is 2.10. The molecule has 4 rings (SSSR count). The molecule has 0 amide bonds. The van der Waals surface area contributed by atoms with E-state index in [0.29, 0.717) is 5.02 Å². The van der Waals surface area contributed by atoms with Gasteiger partial charge in [0.2, 0.25) is 0 Å². The van der Waals surface area contributed by atoms with Gasteiger partial charge < -0.3 is 0 Å². The number of fused-ring (bicyclic) bond motifs is 1. The normalized spacial score (nSPS) is 10.8. The second kappa shape index (κ2) is 5.82. The fourth-order valence-corrected chi connectivity index (χ4v) is 2.89. The molecule has 0 radical (unpaired) electrons. The number of pyridine rings is 2. The van der Waals surface area contributed by atoms with Crippen LogP contribution in [0, 0.1) is 0 Å². The minimum Gasteiger partial charge on any atom is -0.264 e. The number of rotatable bonds is 2. The molecule has 0 aliphatic heterocycles. The molecule has 23 heavy (non-hydrogen) atoms. The minimum absolute atomic E-state index is 0.687. The van der Waals surface area contributed by atoms with E-state index in [-0.39, 0.29) is 0 Å². The van der Waals surface area contributed by atoms with Gasteiger partial charge in [-0.3, -0.25) is 4.98 Å². The molecule has 3 heteroatoms. The maximum Gasteiger partial charge on any atom is 0.0731 e. The number of aromatic nitrogens is 2. The molecule has 0 atom stereocenters. The summed E-state index contributed by atoms with van der Waals surface area (Å²) in [4.78, 5) is 8.96. The monoisotopic (exact) mass is 316 g/mol. The Hall–Kier alpha value is -2.71. The quantitative estimate of drug-likeness (QED) is 0.480. The van der Waals surface area contributed by atoms with Gasteiger partial charge in [-0.1, -0.05) is 48.0 Å². The lowest BCUT2D eigenvalue weighted by molar-refractivity contribution is 1.30. The van der Waals surface area contributed by atoms with Crippen molar-refractivity contribution in [1.29, 1.82) is 0 Å². The largest absolute Gasteiger partial charge is 0.264 e. The average molecular weight is 317 g/mol. The molecule has 0 saturated carbocycles. The van der Waals surface area contributed by atoms with E-state index < -0.39 is 0 Å². The molecule has 0 aliphatic carbocycles. The van der Waals surface area contributed by atoms with E-state index in [0.717, 1.165) is 33.3 Å². The van der Waals surface area contributed by atoms with Crippen molar-refractivity contribution in [2.24, 2.45) is 0 Å². The average Bonchev–Trinajstić information content (AvgIpc) is 2.62. The predicted octanol–water partition coefficient (Wildman–Crippen LogP) is 5.62. The topological polar surface area (TPSA) is 25.8 Å². The Morgan fingerprint density at radius 3 is 2.39 bits per heavy atom. The fraction of sp³-hybridized carbons (Fsp3) is 0. The maximum absolute atomic E-state index is 6.16. The third kappa shape index (κ3) is 2.69. The summed E-state index contributed by atoms with van der Waals surface area (Å²) in [7, 11) is 0. The first-order chi connectivity index (χ1) is 11.3. The predicted molar refractivity (Wildman–Crippen MR) is 95.4 cm³/mol. The molecule has 0 fully saturated rings. The first-order valence-electron chi connectivity index (χ1n) is 7.37. The van der Waals surface area contributed by atoms with Gasteiger partial charge in [-0.25, -0.2) is 4.98 Å². The molecule has 2 heterocycles. The van der Waals surface area contributed by atoms with E-state index in [1.165, 1.54) is 0 Å². The van der Waals surface area contributed by atoms with Gasteiger partial charge in [0.25, 0.3) is 0 Å². The summed E-state index contributed by atoms with van der Waals surface area (Å²) in [5, 5.41) is 1.78. The third-order valence-electron chi connectivity index (χ3n) is 3.81. The Morgan fingerprint density at radius 2 is 1.61 bits per heavy atom. The zero-order chi connectivity index (χ0) is 15.6. The van der Waals surface area contributed by atoms with Crippen molar-refractivity contribution in [2.75, 3.05) is 0 Å². The summed E-state index contributed by atoms with van der Waals surface area (Å²) in [5.41, 5.74) is 5.08. The smallest absolute Gasteiger partial charge is 0.0731 e. The van der Waals surface area contributed by atoms with E-state index in [4.69, 9.17) is 16.6 Å². The Balaban J connectivity index is 2.03. The van der Waals surface area contributed by atoms with Crippen LogP contribution in [-0.4, -0.2) is 9.97 Å². The molecule has 4 aromatic rings. The lowest BCUT2D eigenvalue weighted by Gasteiger charge is -2.10. The van der Waals surface area contributed by atoms with Gasteiger partial charge in [-0.05, 0) is 41.5 Å². The molecular formula is C20H13ClN2. The highest BCUT2D eigenvalue weighted by molar-refractivity contribution is 6.31. The van der Waals surface area contributed by atoms with E-state index >= 15 is 0 Å². The third-order valence-corrected chi connectivity index (χ3v) is 4.05. The molecule has 0 bridgehead atoms. The summed E-state index contributed by atoms with van der Waals surface area (Å²) < 4.78 is 0. The van der Waals surface area contributed by atoms with Gasteiger partial charge in [0.05, 0.1) is 11.2 Å². The number of hydrogen-bond acceptors (Lipinski definition) is 2. The standard InChI is InChI=1S/C20H13ClN2/c21-16-8-9-17-18(14-5-2-1-3-6-14)12-19(23-20(17)11-16)15-7-4-10-22-13-15/h1-13H. The van der Waals surface area contributed by atoms with Gasteiger partial charge in [0, 0.05) is 28.4 Å². The number of benzene rings is 2. The van der Waals surface area contributed by atoms with Gasteiger partial charge in [0.1, 0.15) is 0 Å².